The summed E-state index contributed by atoms with van der Waals surface area (Å²) >= 11 is 0. The van der Waals surface area contributed by atoms with Gasteiger partial charge in [0, 0.05) is 50.9 Å². The SMILES string of the molecule is CCNC(=NCc1c(C)nn(-c2ccccc2)c1C)N1CCN(C(C)=O)CC1. The highest BCUT2D eigenvalue weighted by atomic mass is 16.2. The second-order valence-electron chi connectivity index (χ2n) is 7.06. The molecule has 1 N–H and O–H groups in total. The van der Waals surface area contributed by atoms with Crippen LogP contribution < -0.4 is 5.32 Å². The number of para-hydroxylation sites is 1. The van der Waals surface area contributed by atoms with Crippen molar-refractivity contribution in [1.82, 2.24) is 24.9 Å². The Labute approximate surface area is 167 Å². The van der Waals surface area contributed by atoms with Crippen molar-refractivity contribution in [3.63, 3.8) is 0 Å². The highest BCUT2D eigenvalue weighted by molar-refractivity contribution is 5.80. The molecule has 7 heteroatoms. The molecule has 2 heterocycles. The molecule has 1 amide bonds. The lowest BCUT2D eigenvalue weighted by Gasteiger charge is -2.36. The molecule has 3 rings (SSSR count). The molecule has 1 aliphatic rings. The first-order valence-electron chi connectivity index (χ1n) is 9.90. The maximum Gasteiger partial charge on any atom is 0.219 e. The number of aliphatic imine (C=N–C) groups is 1. The third kappa shape index (κ3) is 4.35. The first-order chi connectivity index (χ1) is 13.5. The second kappa shape index (κ2) is 8.91. The highest BCUT2D eigenvalue weighted by Crippen LogP contribution is 2.19. The minimum absolute atomic E-state index is 0.140. The summed E-state index contributed by atoms with van der Waals surface area (Å²) in [6.07, 6.45) is 0. The number of carbonyl (C=O) groups excluding carboxylic acids is 1. The fraction of sp³-hybridized carbons (Fsp3) is 0.476. The van der Waals surface area contributed by atoms with Gasteiger partial charge in [-0.25, -0.2) is 9.67 Å². The lowest BCUT2D eigenvalue weighted by atomic mass is 10.2. The van der Waals surface area contributed by atoms with Gasteiger partial charge in [-0.3, -0.25) is 4.79 Å². The number of nitrogens with zero attached hydrogens (tertiary/aromatic N) is 5. The van der Waals surface area contributed by atoms with Crippen molar-refractivity contribution in [2.24, 2.45) is 4.99 Å². The monoisotopic (exact) mass is 382 g/mol. The van der Waals surface area contributed by atoms with E-state index in [2.05, 4.69) is 36.2 Å². The summed E-state index contributed by atoms with van der Waals surface area (Å²) in [4.78, 5) is 20.6. The number of carbonyl (C=O) groups is 1. The van der Waals surface area contributed by atoms with Crippen LogP contribution in [0.1, 0.15) is 30.8 Å². The summed E-state index contributed by atoms with van der Waals surface area (Å²) in [7, 11) is 0. The van der Waals surface area contributed by atoms with Crippen molar-refractivity contribution >= 4 is 11.9 Å². The Hall–Kier alpha value is -2.83. The molecule has 1 aromatic heterocycles. The highest BCUT2D eigenvalue weighted by Gasteiger charge is 2.21. The van der Waals surface area contributed by atoms with Crippen LogP contribution in [0.25, 0.3) is 5.69 Å². The molecular weight excluding hydrogens is 352 g/mol. The normalized spacial score (nSPS) is 15.1. The van der Waals surface area contributed by atoms with Gasteiger partial charge in [0.05, 0.1) is 17.9 Å². The topological polar surface area (TPSA) is 65.8 Å². The molecule has 1 aliphatic heterocycles. The molecule has 0 spiro atoms. The zero-order valence-corrected chi connectivity index (χ0v) is 17.3. The molecule has 2 aromatic rings. The zero-order valence-electron chi connectivity index (χ0n) is 17.3. The number of piperazine rings is 1. The Morgan fingerprint density at radius 1 is 1.11 bits per heavy atom. The lowest BCUT2D eigenvalue weighted by Crippen LogP contribution is -2.53. The van der Waals surface area contributed by atoms with E-state index in [0.29, 0.717) is 6.54 Å². The molecule has 0 unspecified atom stereocenters. The smallest absolute Gasteiger partial charge is 0.219 e. The van der Waals surface area contributed by atoms with Crippen LogP contribution in [0.4, 0.5) is 0 Å². The molecular formula is C21H30N6O. The van der Waals surface area contributed by atoms with E-state index in [0.717, 1.165) is 61.3 Å². The van der Waals surface area contributed by atoms with Crippen LogP contribution in [-0.4, -0.2) is 64.2 Å². The number of hydrogen-bond acceptors (Lipinski definition) is 3. The van der Waals surface area contributed by atoms with Crippen LogP contribution in [0, 0.1) is 13.8 Å². The van der Waals surface area contributed by atoms with Gasteiger partial charge in [0.15, 0.2) is 5.96 Å². The zero-order chi connectivity index (χ0) is 20.1. The maximum atomic E-state index is 11.6. The summed E-state index contributed by atoms with van der Waals surface area (Å²) in [5, 5.41) is 8.10. The quantitative estimate of drug-likeness (QED) is 0.650. The Balaban J connectivity index is 1.77. The van der Waals surface area contributed by atoms with Gasteiger partial charge in [-0.15, -0.1) is 0 Å². The van der Waals surface area contributed by atoms with Gasteiger partial charge in [-0.2, -0.15) is 5.10 Å². The van der Waals surface area contributed by atoms with Crippen molar-refractivity contribution in [2.75, 3.05) is 32.7 Å². The van der Waals surface area contributed by atoms with Gasteiger partial charge in [0.2, 0.25) is 5.91 Å². The van der Waals surface area contributed by atoms with Crippen LogP contribution in [-0.2, 0) is 11.3 Å². The maximum absolute atomic E-state index is 11.6. The number of hydrogen-bond donors (Lipinski definition) is 1. The number of aryl methyl sites for hydroxylation is 1. The summed E-state index contributed by atoms with van der Waals surface area (Å²) in [5.74, 6) is 1.04. The van der Waals surface area contributed by atoms with E-state index in [1.165, 1.54) is 0 Å². The largest absolute Gasteiger partial charge is 0.357 e. The average molecular weight is 383 g/mol. The van der Waals surface area contributed by atoms with E-state index in [1.807, 2.05) is 34.7 Å². The summed E-state index contributed by atoms with van der Waals surface area (Å²) < 4.78 is 1.98. The van der Waals surface area contributed by atoms with Crippen molar-refractivity contribution in [1.29, 1.82) is 0 Å². The number of aromatic nitrogens is 2. The minimum Gasteiger partial charge on any atom is -0.357 e. The van der Waals surface area contributed by atoms with Gasteiger partial charge in [0.25, 0.3) is 0 Å². The van der Waals surface area contributed by atoms with Gasteiger partial charge in [0.1, 0.15) is 0 Å². The first kappa shape index (κ1) is 19.9. The van der Waals surface area contributed by atoms with Crippen molar-refractivity contribution in [3.8, 4) is 5.69 Å². The lowest BCUT2D eigenvalue weighted by molar-refractivity contribution is -0.130. The third-order valence-corrected chi connectivity index (χ3v) is 5.19. The number of guanidine groups is 1. The van der Waals surface area contributed by atoms with Crippen LogP contribution >= 0.6 is 0 Å². The molecule has 1 fully saturated rings. The van der Waals surface area contributed by atoms with E-state index >= 15 is 0 Å². The van der Waals surface area contributed by atoms with Gasteiger partial charge >= 0.3 is 0 Å². The Kier molecular flexibility index (Phi) is 6.34. The summed E-state index contributed by atoms with van der Waals surface area (Å²) in [6, 6.07) is 10.2. The predicted molar refractivity (Wildman–Crippen MR) is 112 cm³/mol. The Morgan fingerprint density at radius 3 is 2.36 bits per heavy atom. The van der Waals surface area contributed by atoms with E-state index in [9.17, 15) is 4.79 Å². The van der Waals surface area contributed by atoms with Crippen LogP contribution in [0.15, 0.2) is 35.3 Å². The summed E-state index contributed by atoms with van der Waals surface area (Å²) in [5.41, 5.74) is 4.33. The molecule has 150 valence electrons. The fourth-order valence-corrected chi connectivity index (χ4v) is 3.54. The molecule has 0 aliphatic carbocycles. The molecule has 1 saturated heterocycles. The standard InChI is InChI=1S/C21H30N6O/c1-5-22-21(26-13-11-25(12-14-26)18(4)28)23-15-20-16(2)24-27(17(20)3)19-9-7-6-8-10-19/h6-10H,5,11-15H2,1-4H3,(H,22,23). The predicted octanol–water partition coefficient (Wildman–Crippen LogP) is 2.12. The van der Waals surface area contributed by atoms with Crippen LogP contribution in [0.5, 0.6) is 0 Å². The van der Waals surface area contributed by atoms with Crippen molar-refractivity contribution < 1.29 is 4.79 Å². The van der Waals surface area contributed by atoms with Crippen molar-refractivity contribution in [3.05, 3.63) is 47.3 Å². The fourth-order valence-electron chi connectivity index (χ4n) is 3.54. The van der Waals surface area contributed by atoms with Gasteiger partial charge in [-0.1, -0.05) is 18.2 Å². The number of rotatable bonds is 4. The molecule has 1 aromatic carbocycles. The molecule has 28 heavy (non-hydrogen) atoms. The molecule has 0 bridgehead atoms. The molecule has 0 saturated carbocycles. The van der Waals surface area contributed by atoms with E-state index in [1.54, 1.807) is 6.92 Å². The van der Waals surface area contributed by atoms with Crippen LogP contribution in [0.2, 0.25) is 0 Å². The molecule has 0 radical (unpaired) electrons. The van der Waals surface area contributed by atoms with Crippen LogP contribution in [0.3, 0.4) is 0 Å². The number of amides is 1. The van der Waals surface area contributed by atoms with E-state index < -0.39 is 0 Å². The van der Waals surface area contributed by atoms with Crippen molar-refractivity contribution in [2.45, 2.75) is 34.2 Å². The average Bonchev–Trinajstić information content (AvgIpc) is 2.99. The third-order valence-electron chi connectivity index (χ3n) is 5.19. The molecule has 7 nitrogen and oxygen atoms in total. The molecule has 0 atom stereocenters. The van der Waals surface area contributed by atoms with Gasteiger partial charge in [-0.05, 0) is 32.9 Å². The Morgan fingerprint density at radius 2 is 1.75 bits per heavy atom. The van der Waals surface area contributed by atoms with Gasteiger partial charge < -0.3 is 15.1 Å². The minimum atomic E-state index is 0.140. The second-order valence-corrected chi connectivity index (χ2v) is 7.06. The number of benzene rings is 1. The summed E-state index contributed by atoms with van der Waals surface area (Å²) in [6.45, 7) is 12.3. The van der Waals surface area contributed by atoms with E-state index in [-0.39, 0.29) is 5.91 Å². The number of nitrogens with one attached hydrogen (secondary N) is 1. The van der Waals surface area contributed by atoms with E-state index in [4.69, 9.17) is 10.1 Å². The first-order valence-corrected chi connectivity index (χ1v) is 9.90. The Bertz CT molecular complexity index is 834.